The highest BCUT2D eigenvalue weighted by molar-refractivity contribution is 5.25. The van der Waals surface area contributed by atoms with E-state index in [1.54, 1.807) is 6.20 Å². The first kappa shape index (κ1) is 12.6. The summed E-state index contributed by atoms with van der Waals surface area (Å²) in [7, 11) is 0. The summed E-state index contributed by atoms with van der Waals surface area (Å²) in [6, 6.07) is 0. The second kappa shape index (κ2) is 6.18. The molecule has 0 aromatic carbocycles. The van der Waals surface area contributed by atoms with Crippen LogP contribution in [0.1, 0.15) is 20.3 Å². The molecule has 0 fully saturated rings. The molecule has 6 heteroatoms. The number of rotatable bonds is 7. The number of hydrogen-bond acceptors (Lipinski definition) is 4. The molecule has 0 radical (unpaired) electrons. The lowest BCUT2D eigenvalue weighted by Gasteiger charge is -2.11. The van der Waals surface area contributed by atoms with Crippen molar-refractivity contribution in [3.8, 4) is 0 Å². The molecule has 1 N–H and O–H groups in total. The molecule has 0 unspecified atom stereocenters. The summed E-state index contributed by atoms with van der Waals surface area (Å²) in [4.78, 5) is 4.32. The van der Waals surface area contributed by atoms with Crippen molar-refractivity contribution < 1.29 is 0 Å². The standard InChI is InChI=1S/C12H20N6/c1-11(2)10-14-12-13-4-8-17(12)6-3-7-18-9-5-15-16-18/h4-5,8-9,11H,3,6-7,10H2,1-2H3,(H,13,14). The van der Waals surface area contributed by atoms with Gasteiger partial charge in [0.25, 0.3) is 0 Å². The molecule has 0 aliphatic rings. The van der Waals surface area contributed by atoms with Crippen molar-refractivity contribution in [3.05, 3.63) is 24.8 Å². The van der Waals surface area contributed by atoms with Crippen LogP contribution in [0.3, 0.4) is 0 Å². The number of hydrogen-bond donors (Lipinski definition) is 1. The number of imidazole rings is 1. The van der Waals surface area contributed by atoms with Crippen molar-refractivity contribution >= 4 is 5.95 Å². The van der Waals surface area contributed by atoms with Gasteiger partial charge in [-0.2, -0.15) is 0 Å². The van der Waals surface area contributed by atoms with E-state index in [4.69, 9.17) is 0 Å². The zero-order valence-corrected chi connectivity index (χ0v) is 11.0. The molecule has 0 bridgehead atoms. The lowest BCUT2D eigenvalue weighted by molar-refractivity contribution is 0.515. The number of anilines is 1. The molecule has 0 amide bonds. The van der Waals surface area contributed by atoms with E-state index in [1.807, 2.05) is 23.3 Å². The fourth-order valence-electron chi connectivity index (χ4n) is 1.71. The molecule has 2 aromatic rings. The minimum atomic E-state index is 0.616. The molecule has 0 aliphatic carbocycles. The van der Waals surface area contributed by atoms with Crippen LogP contribution in [0, 0.1) is 5.92 Å². The lowest BCUT2D eigenvalue weighted by Crippen LogP contribution is -2.13. The maximum Gasteiger partial charge on any atom is 0.202 e. The highest BCUT2D eigenvalue weighted by Crippen LogP contribution is 2.07. The van der Waals surface area contributed by atoms with Crippen LogP contribution in [0.4, 0.5) is 5.95 Å². The Kier molecular flexibility index (Phi) is 4.33. The molecule has 6 nitrogen and oxygen atoms in total. The van der Waals surface area contributed by atoms with Gasteiger partial charge in [0.1, 0.15) is 0 Å². The first-order valence-electron chi connectivity index (χ1n) is 6.35. The summed E-state index contributed by atoms with van der Waals surface area (Å²) < 4.78 is 3.98. The van der Waals surface area contributed by atoms with E-state index in [9.17, 15) is 0 Å². The summed E-state index contributed by atoms with van der Waals surface area (Å²) in [5.74, 6) is 1.56. The minimum Gasteiger partial charge on any atom is -0.355 e. The lowest BCUT2D eigenvalue weighted by atomic mass is 10.2. The third kappa shape index (κ3) is 3.58. The van der Waals surface area contributed by atoms with Crippen LogP contribution in [-0.2, 0) is 13.1 Å². The van der Waals surface area contributed by atoms with Crippen molar-refractivity contribution in [2.75, 3.05) is 11.9 Å². The van der Waals surface area contributed by atoms with Gasteiger partial charge in [0.15, 0.2) is 0 Å². The molecule has 0 aliphatic heterocycles. The zero-order valence-electron chi connectivity index (χ0n) is 11.0. The average molecular weight is 248 g/mol. The second-order valence-electron chi connectivity index (χ2n) is 4.74. The average Bonchev–Trinajstić information content (AvgIpc) is 2.97. The van der Waals surface area contributed by atoms with Gasteiger partial charge in [0.2, 0.25) is 5.95 Å². The molecule has 0 spiro atoms. The third-order valence-corrected chi connectivity index (χ3v) is 2.64. The van der Waals surface area contributed by atoms with Gasteiger partial charge in [-0.1, -0.05) is 19.1 Å². The minimum absolute atomic E-state index is 0.616. The smallest absolute Gasteiger partial charge is 0.202 e. The van der Waals surface area contributed by atoms with Gasteiger partial charge in [0, 0.05) is 38.2 Å². The maximum atomic E-state index is 4.32. The van der Waals surface area contributed by atoms with Crippen molar-refractivity contribution in [3.63, 3.8) is 0 Å². The summed E-state index contributed by atoms with van der Waals surface area (Å²) >= 11 is 0. The Hall–Kier alpha value is -1.85. The molecule has 2 rings (SSSR count). The summed E-state index contributed by atoms with van der Waals surface area (Å²) in [6.07, 6.45) is 8.43. The third-order valence-electron chi connectivity index (χ3n) is 2.64. The van der Waals surface area contributed by atoms with E-state index in [0.717, 1.165) is 32.0 Å². The monoisotopic (exact) mass is 248 g/mol. The molecule has 0 atom stereocenters. The Morgan fingerprint density at radius 3 is 2.83 bits per heavy atom. The molecule has 0 saturated carbocycles. The molecule has 98 valence electrons. The van der Waals surface area contributed by atoms with Gasteiger partial charge in [-0.15, -0.1) is 5.10 Å². The summed E-state index contributed by atoms with van der Waals surface area (Å²) in [6.45, 7) is 7.12. The fraction of sp³-hybridized carbons (Fsp3) is 0.583. The predicted octanol–water partition coefficient (Wildman–Crippen LogP) is 1.63. The van der Waals surface area contributed by atoms with Gasteiger partial charge >= 0.3 is 0 Å². The Bertz CT molecular complexity index is 445. The van der Waals surface area contributed by atoms with Crippen molar-refractivity contribution in [2.24, 2.45) is 5.92 Å². The van der Waals surface area contributed by atoms with Crippen LogP contribution in [0.15, 0.2) is 24.8 Å². The van der Waals surface area contributed by atoms with Gasteiger partial charge < -0.3 is 9.88 Å². The second-order valence-corrected chi connectivity index (χ2v) is 4.74. The normalized spacial score (nSPS) is 11.1. The molecule has 18 heavy (non-hydrogen) atoms. The largest absolute Gasteiger partial charge is 0.355 e. The Balaban J connectivity index is 1.80. The van der Waals surface area contributed by atoms with Crippen molar-refractivity contribution in [1.82, 2.24) is 24.5 Å². The first-order valence-corrected chi connectivity index (χ1v) is 6.35. The van der Waals surface area contributed by atoms with E-state index in [-0.39, 0.29) is 0 Å². The van der Waals surface area contributed by atoms with Gasteiger partial charge in [0.05, 0.1) is 6.20 Å². The summed E-state index contributed by atoms with van der Waals surface area (Å²) in [5, 5.41) is 11.1. The molecular weight excluding hydrogens is 228 g/mol. The quantitative estimate of drug-likeness (QED) is 0.809. The van der Waals surface area contributed by atoms with Gasteiger partial charge in [-0.25, -0.2) is 4.98 Å². The number of nitrogens with one attached hydrogen (secondary N) is 1. The Morgan fingerprint density at radius 2 is 2.11 bits per heavy atom. The van der Waals surface area contributed by atoms with Crippen LogP contribution in [0.2, 0.25) is 0 Å². The molecule has 2 heterocycles. The van der Waals surface area contributed by atoms with Crippen molar-refractivity contribution in [2.45, 2.75) is 33.4 Å². The highest BCUT2D eigenvalue weighted by atomic mass is 15.4. The van der Waals surface area contributed by atoms with Crippen LogP contribution in [0.25, 0.3) is 0 Å². The summed E-state index contributed by atoms with van der Waals surface area (Å²) in [5.41, 5.74) is 0. The number of nitrogens with zero attached hydrogens (tertiary/aromatic N) is 5. The van der Waals surface area contributed by atoms with Crippen LogP contribution >= 0.6 is 0 Å². The fourth-order valence-corrected chi connectivity index (χ4v) is 1.71. The Morgan fingerprint density at radius 1 is 1.22 bits per heavy atom. The zero-order chi connectivity index (χ0) is 12.8. The number of aromatic nitrogens is 5. The molecular formula is C12H20N6. The van der Waals surface area contributed by atoms with E-state index in [2.05, 4.69) is 39.0 Å². The van der Waals surface area contributed by atoms with E-state index in [1.165, 1.54) is 0 Å². The predicted molar refractivity (Wildman–Crippen MR) is 70.2 cm³/mol. The maximum absolute atomic E-state index is 4.32. The van der Waals surface area contributed by atoms with Crippen LogP contribution < -0.4 is 5.32 Å². The van der Waals surface area contributed by atoms with Gasteiger partial charge in [-0.05, 0) is 12.3 Å². The van der Waals surface area contributed by atoms with Crippen LogP contribution in [0.5, 0.6) is 0 Å². The first-order chi connectivity index (χ1) is 8.75. The van der Waals surface area contributed by atoms with E-state index >= 15 is 0 Å². The Labute approximate surface area is 107 Å². The highest BCUT2D eigenvalue weighted by Gasteiger charge is 2.03. The van der Waals surface area contributed by atoms with Gasteiger partial charge in [-0.3, -0.25) is 4.68 Å². The van der Waals surface area contributed by atoms with Crippen LogP contribution in [-0.4, -0.2) is 31.1 Å². The van der Waals surface area contributed by atoms with E-state index < -0.39 is 0 Å². The van der Waals surface area contributed by atoms with Crippen molar-refractivity contribution in [1.29, 1.82) is 0 Å². The molecule has 0 saturated heterocycles. The molecule has 2 aromatic heterocycles. The number of aryl methyl sites for hydroxylation is 2. The SMILES string of the molecule is CC(C)CNc1nccn1CCCn1ccnn1. The topological polar surface area (TPSA) is 60.6 Å². The van der Waals surface area contributed by atoms with E-state index in [0.29, 0.717) is 5.92 Å².